The van der Waals surface area contributed by atoms with Gasteiger partial charge in [-0.05, 0) is 55.7 Å². The average Bonchev–Trinajstić information content (AvgIpc) is 3.61. The number of nitrogens with two attached hydrogens (primary N) is 1. The summed E-state index contributed by atoms with van der Waals surface area (Å²) in [5, 5.41) is 0.765. The van der Waals surface area contributed by atoms with Crippen LogP contribution in [0.15, 0.2) is 53.8 Å². The standard InChI is InChI=1S/C26H27N7O3S/c1-15-7-10-22(21(11-15)36-2)37(34,35)32-16-8-9-19-20(12-16)31-25(30-19)18-13-33(17-5-3-4-6-17)26-23(18)24(27)28-14-29-26/h7-14,17,32H,3-6H2,1-2H3,(H,30,31)(H2,27,28,29). The molecule has 37 heavy (non-hydrogen) atoms. The number of aromatic nitrogens is 5. The highest BCUT2D eigenvalue weighted by Crippen LogP contribution is 2.38. The maximum absolute atomic E-state index is 13.1. The molecule has 6 rings (SSSR count). The molecule has 0 amide bonds. The number of hydrogen-bond acceptors (Lipinski definition) is 7. The number of H-pyrrole nitrogens is 1. The summed E-state index contributed by atoms with van der Waals surface area (Å²) in [4.78, 5) is 16.9. The van der Waals surface area contributed by atoms with E-state index in [9.17, 15) is 8.42 Å². The Labute approximate surface area is 214 Å². The number of benzene rings is 2. The third-order valence-electron chi connectivity index (χ3n) is 6.95. The Bertz CT molecular complexity index is 1750. The fraction of sp³-hybridized carbons (Fsp3) is 0.269. The number of imidazole rings is 1. The van der Waals surface area contributed by atoms with Crippen LogP contribution in [0.25, 0.3) is 33.5 Å². The molecule has 2 aromatic carbocycles. The molecule has 10 nitrogen and oxygen atoms in total. The molecule has 0 unspecified atom stereocenters. The van der Waals surface area contributed by atoms with Gasteiger partial charge in [0.15, 0.2) is 0 Å². The molecule has 0 aliphatic heterocycles. The third-order valence-corrected chi connectivity index (χ3v) is 8.38. The summed E-state index contributed by atoms with van der Waals surface area (Å²) in [7, 11) is -2.42. The van der Waals surface area contributed by atoms with E-state index in [2.05, 4.69) is 30.4 Å². The summed E-state index contributed by atoms with van der Waals surface area (Å²) < 4.78 is 36.4. The molecule has 1 fully saturated rings. The van der Waals surface area contributed by atoms with Crippen molar-refractivity contribution in [2.75, 3.05) is 17.6 Å². The minimum atomic E-state index is -3.87. The van der Waals surface area contributed by atoms with Crippen LogP contribution in [-0.4, -0.2) is 40.0 Å². The van der Waals surface area contributed by atoms with Gasteiger partial charge in [-0.25, -0.2) is 23.4 Å². The van der Waals surface area contributed by atoms with E-state index in [1.165, 1.54) is 32.3 Å². The highest BCUT2D eigenvalue weighted by molar-refractivity contribution is 7.92. The maximum Gasteiger partial charge on any atom is 0.265 e. The largest absolute Gasteiger partial charge is 0.495 e. The normalized spacial score (nSPS) is 14.5. The number of nitrogen functional groups attached to an aromatic ring is 1. The Morgan fingerprint density at radius 2 is 1.95 bits per heavy atom. The van der Waals surface area contributed by atoms with Crippen molar-refractivity contribution in [1.29, 1.82) is 0 Å². The lowest BCUT2D eigenvalue weighted by atomic mass is 10.2. The molecule has 0 saturated heterocycles. The molecule has 1 aliphatic rings. The molecule has 0 bridgehead atoms. The number of aromatic amines is 1. The van der Waals surface area contributed by atoms with Gasteiger partial charge in [-0.2, -0.15) is 0 Å². The van der Waals surface area contributed by atoms with Crippen molar-refractivity contribution >= 4 is 43.6 Å². The van der Waals surface area contributed by atoms with Crippen LogP contribution in [0.5, 0.6) is 5.75 Å². The molecular weight excluding hydrogens is 490 g/mol. The molecule has 0 atom stereocenters. The highest BCUT2D eigenvalue weighted by atomic mass is 32.2. The molecule has 1 aliphatic carbocycles. The van der Waals surface area contributed by atoms with E-state index >= 15 is 0 Å². The van der Waals surface area contributed by atoms with E-state index < -0.39 is 10.0 Å². The molecule has 1 saturated carbocycles. The second kappa shape index (κ2) is 8.77. The van der Waals surface area contributed by atoms with Gasteiger partial charge in [0.05, 0.1) is 29.2 Å². The summed E-state index contributed by atoms with van der Waals surface area (Å²) in [6.45, 7) is 1.88. The zero-order valence-electron chi connectivity index (χ0n) is 20.5. The fourth-order valence-electron chi connectivity index (χ4n) is 5.16. The summed E-state index contributed by atoms with van der Waals surface area (Å²) in [6.07, 6.45) is 8.13. The molecule has 4 N–H and O–H groups in total. The van der Waals surface area contributed by atoms with E-state index in [1.807, 2.05) is 6.92 Å². The molecule has 0 spiro atoms. The van der Waals surface area contributed by atoms with Crippen molar-refractivity contribution < 1.29 is 13.2 Å². The minimum Gasteiger partial charge on any atom is -0.495 e. The van der Waals surface area contributed by atoms with E-state index in [0.29, 0.717) is 34.4 Å². The summed E-state index contributed by atoms with van der Waals surface area (Å²) in [5.74, 6) is 1.31. The first-order chi connectivity index (χ1) is 17.8. The van der Waals surface area contributed by atoms with Crippen LogP contribution in [0.3, 0.4) is 0 Å². The Balaban J connectivity index is 1.39. The smallest absolute Gasteiger partial charge is 0.265 e. The first-order valence-electron chi connectivity index (χ1n) is 12.1. The molecule has 190 valence electrons. The first kappa shape index (κ1) is 23.3. The molecular formula is C26H27N7O3S. The number of nitrogens with one attached hydrogen (secondary N) is 2. The number of sulfonamides is 1. The van der Waals surface area contributed by atoms with Crippen molar-refractivity contribution in [3.63, 3.8) is 0 Å². The van der Waals surface area contributed by atoms with Crippen molar-refractivity contribution in [1.82, 2.24) is 24.5 Å². The van der Waals surface area contributed by atoms with Gasteiger partial charge in [0.1, 0.15) is 34.3 Å². The minimum absolute atomic E-state index is 0.0706. The van der Waals surface area contributed by atoms with Gasteiger partial charge in [0.25, 0.3) is 10.0 Å². The number of nitrogens with zero attached hydrogens (tertiary/aromatic N) is 4. The van der Waals surface area contributed by atoms with Gasteiger partial charge in [0, 0.05) is 17.8 Å². The predicted molar refractivity (Wildman–Crippen MR) is 143 cm³/mol. The Hall–Kier alpha value is -4.12. The number of hydrogen-bond donors (Lipinski definition) is 3. The maximum atomic E-state index is 13.1. The van der Waals surface area contributed by atoms with Crippen molar-refractivity contribution in [3.8, 4) is 17.1 Å². The van der Waals surface area contributed by atoms with Crippen LogP contribution in [0.2, 0.25) is 0 Å². The SMILES string of the molecule is COc1cc(C)ccc1S(=O)(=O)Nc1ccc2nc(-c3cn(C4CCCC4)c4ncnc(N)c34)[nH]c2c1. The second-order valence-corrected chi connectivity index (χ2v) is 11.1. The van der Waals surface area contributed by atoms with E-state index in [4.69, 9.17) is 15.5 Å². The number of fused-ring (bicyclic) bond motifs is 2. The van der Waals surface area contributed by atoms with Gasteiger partial charge in [-0.3, -0.25) is 4.72 Å². The fourth-order valence-corrected chi connectivity index (χ4v) is 6.36. The Kier molecular flexibility index (Phi) is 5.52. The van der Waals surface area contributed by atoms with Crippen molar-refractivity contribution in [2.24, 2.45) is 0 Å². The zero-order chi connectivity index (χ0) is 25.7. The van der Waals surface area contributed by atoms with E-state index in [-0.39, 0.29) is 10.6 Å². The number of rotatable bonds is 6. The van der Waals surface area contributed by atoms with Gasteiger partial charge in [0.2, 0.25) is 0 Å². The summed E-state index contributed by atoms with van der Waals surface area (Å²) in [6, 6.07) is 10.5. The molecule has 11 heteroatoms. The topological polar surface area (TPSA) is 141 Å². The average molecular weight is 518 g/mol. The van der Waals surface area contributed by atoms with Gasteiger partial charge in [-0.15, -0.1) is 0 Å². The lowest BCUT2D eigenvalue weighted by Gasteiger charge is -2.12. The Morgan fingerprint density at radius 1 is 1.14 bits per heavy atom. The molecule has 3 heterocycles. The van der Waals surface area contributed by atoms with Crippen LogP contribution in [0.4, 0.5) is 11.5 Å². The number of methoxy groups -OCH3 is 1. The summed E-state index contributed by atoms with van der Waals surface area (Å²) in [5.41, 5.74) is 10.6. The monoisotopic (exact) mass is 517 g/mol. The van der Waals surface area contributed by atoms with Crippen molar-refractivity contribution in [3.05, 3.63) is 54.5 Å². The lowest BCUT2D eigenvalue weighted by molar-refractivity contribution is 0.402. The molecule has 3 aromatic heterocycles. The van der Waals surface area contributed by atoms with Crippen molar-refractivity contribution in [2.45, 2.75) is 43.5 Å². The number of ether oxygens (including phenoxy) is 1. The Morgan fingerprint density at radius 3 is 2.73 bits per heavy atom. The molecule has 5 aromatic rings. The second-order valence-electron chi connectivity index (χ2n) is 9.42. The summed E-state index contributed by atoms with van der Waals surface area (Å²) >= 11 is 0. The lowest BCUT2D eigenvalue weighted by Crippen LogP contribution is -2.14. The van der Waals surface area contributed by atoms with E-state index in [1.54, 1.807) is 30.3 Å². The number of aryl methyl sites for hydroxylation is 1. The van der Waals surface area contributed by atoms with Crippen LogP contribution in [0, 0.1) is 6.92 Å². The third kappa shape index (κ3) is 4.05. The first-order valence-corrected chi connectivity index (χ1v) is 13.6. The van der Waals surface area contributed by atoms with Crippen LogP contribution >= 0.6 is 0 Å². The van der Waals surface area contributed by atoms with Crippen LogP contribution < -0.4 is 15.2 Å². The highest BCUT2D eigenvalue weighted by Gasteiger charge is 2.24. The quantitative estimate of drug-likeness (QED) is 0.294. The van der Waals surface area contributed by atoms with Gasteiger partial charge in [-0.1, -0.05) is 18.9 Å². The number of anilines is 2. The van der Waals surface area contributed by atoms with Gasteiger partial charge < -0.3 is 20.0 Å². The zero-order valence-corrected chi connectivity index (χ0v) is 21.3. The van der Waals surface area contributed by atoms with Crippen LogP contribution in [-0.2, 0) is 10.0 Å². The van der Waals surface area contributed by atoms with E-state index in [0.717, 1.165) is 35.0 Å². The molecule has 0 radical (unpaired) electrons. The van der Waals surface area contributed by atoms with Crippen LogP contribution in [0.1, 0.15) is 37.3 Å². The predicted octanol–water partition coefficient (Wildman–Crippen LogP) is 4.79. The van der Waals surface area contributed by atoms with Gasteiger partial charge >= 0.3 is 0 Å².